The number of rotatable bonds is 1. The molecule has 3 nitrogen and oxygen atoms in total. The summed E-state index contributed by atoms with van der Waals surface area (Å²) in [4.78, 5) is 5.09. The molecule has 2 N–H and O–H groups in total. The van der Waals surface area contributed by atoms with Crippen molar-refractivity contribution in [2.75, 3.05) is 39.3 Å². The van der Waals surface area contributed by atoms with E-state index in [1.54, 1.807) is 0 Å². The van der Waals surface area contributed by atoms with Crippen LogP contribution in [-0.4, -0.2) is 55.1 Å². The van der Waals surface area contributed by atoms with Gasteiger partial charge in [-0.15, -0.1) is 0 Å². The first kappa shape index (κ1) is 7.53. The van der Waals surface area contributed by atoms with Crippen LogP contribution in [0.1, 0.15) is 6.42 Å². The minimum atomic E-state index is 0.645. The zero-order valence-electron chi connectivity index (χ0n) is 7.00. The van der Waals surface area contributed by atoms with Gasteiger partial charge in [0.15, 0.2) is 0 Å². The normalized spacial score (nSPS) is 43.9. The molecule has 0 radical (unpaired) electrons. The van der Waals surface area contributed by atoms with Gasteiger partial charge in [-0.05, 0) is 19.5 Å². The maximum atomic E-state index is 5.69. The zero-order valence-corrected chi connectivity index (χ0v) is 7.00. The van der Waals surface area contributed by atoms with E-state index in [9.17, 15) is 0 Å². The Morgan fingerprint density at radius 3 is 2.91 bits per heavy atom. The van der Waals surface area contributed by atoms with Crippen LogP contribution in [0.4, 0.5) is 0 Å². The van der Waals surface area contributed by atoms with Crippen molar-refractivity contribution >= 4 is 0 Å². The molecule has 3 unspecified atom stereocenters. The Kier molecular flexibility index (Phi) is 2.11. The molecule has 3 aliphatic rings. The lowest BCUT2D eigenvalue weighted by molar-refractivity contribution is 0.119. The van der Waals surface area contributed by atoms with Crippen LogP contribution in [0.5, 0.6) is 0 Å². The summed E-state index contributed by atoms with van der Waals surface area (Å²) < 4.78 is 0. The highest BCUT2D eigenvalue weighted by Gasteiger charge is 2.28. The van der Waals surface area contributed by atoms with Crippen molar-refractivity contribution in [3.8, 4) is 0 Å². The van der Waals surface area contributed by atoms with E-state index in [2.05, 4.69) is 9.80 Å². The third-order valence-electron chi connectivity index (χ3n) is 2.88. The van der Waals surface area contributed by atoms with E-state index < -0.39 is 0 Å². The maximum absolute atomic E-state index is 5.69. The van der Waals surface area contributed by atoms with Gasteiger partial charge in [0.2, 0.25) is 0 Å². The second-order valence-electron chi connectivity index (χ2n) is 3.58. The standard InChI is InChI=1S/C8H17N3/c9-6-8-7-10-2-1-3-11(8)5-4-10/h8H,1-7,9H2. The van der Waals surface area contributed by atoms with Gasteiger partial charge in [0.25, 0.3) is 0 Å². The van der Waals surface area contributed by atoms with Gasteiger partial charge in [-0.3, -0.25) is 4.90 Å². The maximum Gasteiger partial charge on any atom is 0.0346 e. The number of nitrogens with two attached hydrogens (primary N) is 1. The number of hydrogen-bond acceptors (Lipinski definition) is 3. The Labute approximate surface area is 68.1 Å². The van der Waals surface area contributed by atoms with Crippen LogP contribution in [0.3, 0.4) is 0 Å². The van der Waals surface area contributed by atoms with Gasteiger partial charge in [-0.1, -0.05) is 0 Å². The predicted octanol–water partition coefficient (Wildman–Crippen LogP) is -0.665. The highest BCUT2D eigenvalue weighted by atomic mass is 15.3. The van der Waals surface area contributed by atoms with E-state index in [0.717, 1.165) is 6.54 Å². The van der Waals surface area contributed by atoms with Crippen molar-refractivity contribution in [1.82, 2.24) is 9.80 Å². The Balaban J connectivity index is 2.04. The van der Waals surface area contributed by atoms with Crippen LogP contribution in [0.15, 0.2) is 0 Å². The highest BCUT2D eigenvalue weighted by Crippen LogP contribution is 2.14. The van der Waals surface area contributed by atoms with Crippen LogP contribution in [0, 0.1) is 0 Å². The summed E-state index contributed by atoms with van der Waals surface area (Å²) in [6.45, 7) is 7.08. The number of hydrogen-bond donors (Lipinski definition) is 1. The molecule has 3 rings (SSSR count). The molecule has 3 aliphatic heterocycles. The molecule has 11 heavy (non-hydrogen) atoms. The van der Waals surface area contributed by atoms with Gasteiger partial charge in [-0.2, -0.15) is 0 Å². The van der Waals surface area contributed by atoms with Crippen LogP contribution in [-0.2, 0) is 0 Å². The second-order valence-corrected chi connectivity index (χ2v) is 3.58. The van der Waals surface area contributed by atoms with E-state index in [1.807, 2.05) is 0 Å². The lowest BCUT2D eigenvalue weighted by atomic mass is 10.2. The predicted molar refractivity (Wildman–Crippen MR) is 45.5 cm³/mol. The van der Waals surface area contributed by atoms with Crippen molar-refractivity contribution < 1.29 is 0 Å². The molecule has 3 fully saturated rings. The van der Waals surface area contributed by atoms with Gasteiger partial charge in [0.05, 0.1) is 0 Å². The summed E-state index contributed by atoms with van der Waals surface area (Å²) in [5.74, 6) is 0. The lowest BCUT2D eigenvalue weighted by Gasteiger charge is -2.36. The van der Waals surface area contributed by atoms with Crippen molar-refractivity contribution in [3.05, 3.63) is 0 Å². The first-order valence-corrected chi connectivity index (χ1v) is 4.56. The number of piperazine rings is 1. The fourth-order valence-corrected chi connectivity index (χ4v) is 2.18. The molecule has 64 valence electrons. The fraction of sp³-hybridized carbons (Fsp3) is 1.00. The minimum absolute atomic E-state index is 0.645. The summed E-state index contributed by atoms with van der Waals surface area (Å²) >= 11 is 0. The third kappa shape index (κ3) is 1.41. The average molecular weight is 155 g/mol. The lowest BCUT2D eigenvalue weighted by Crippen LogP contribution is -2.52. The smallest absolute Gasteiger partial charge is 0.0346 e. The Morgan fingerprint density at radius 1 is 1.18 bits per heavy atom. The molecular formula is C8H17N3. The Bertz CT molecular complexity index is 133. The van der Waals surface area contributed by atoms with Crippen LogP contribution in [0.25, 0.3) is 0 Å². The molecule has 2 bridgehead atoms. The van der Waals surface area contributed by atoms with Crippen molar-refractivity contribution in [3.63, 3.8) is 0 Å². The van der Waals surface area contributed by atoms with Crippen molar-refractivity contribution in [2.45, 2.75) is 12.5 Å². The fourth-order valence-electron chi connectivity index (χ4n) is 2.18. The summed E-state index contributed by atoms with van der Waals surface area (Å²) in [5.41, 5.74) is 5.69. The molecule has 3 atom stereocenters. The summed E-state index contributed by atoms with van der Waals surface area (Å²) in [5, 5.41) is 0. The van der Waals surface area contributed by atoms with E-state index >= 15 is 0 Å². The van der Waals surface area contributed by atoms with Gasteiger partial charge < -0.3 is 10.6 Å². The minimum Gasteiger partial charge on any atom is -0.329 e. The van der Waals surface area contributed by atoms with Crippen LogP contribution < -0.4 is 5.73 Å². The molecule has 0 aromatic heterocycles. The topological polar surface area (TPSA) is 32.5 Å². The van der Waals surface area contributed by atoms with Gasteiger partial charge in [0.1, 0.15) is 0 Å². The van der Waals surface area contributed by atoms with Gasteiger partial charge in [0, 0.05) is 32.2 Å². The monoisotopic (exact) mass is 155 g/mol. The van der Waals surface area contributed by atoms with Crippen LogP contribution in [0.2, 0.25) is 0 Å². The van der Waals surface area contributed by atoms with Crippen LogP contribution >= 0.6 is 0 Å². The number of nitrogens with zero attached hydrogens (tertiary/aromatic N) is 2. The molecule has 0 saturated carbocycles. The third-order valence-corrected chi connectivity index (χ3v) is 2.88. The zero-order chi connectivity index (χ0) is 7.68. The molecule has 3 heteroatoms. The summed E-state index contributed by atoms with van der Waals surface area (Å²) in [6.07, 6.45) is 1.33. The second kappa shape index (κ2) is 3.09. The molecule has 0 amide bonds. The van der Waals surface area contributed by atoms with Crippen molar-refractivity contribution in [1.29, 1.82) is 0 Å². The van der Waals surface area contributed by atoms with E-state index in [4.69, 9.17) is 5.73 Å². The Hall–Kier alpha value is -0.120. The first-order chi connectivity index (χ1) is 5.40. The molecule has 3 saturated heterocycles. The SMILES string of the molecule is NCC1CN2CCCN1CC2. The number of fused-ring (bicyclic) bond motifs is 4. The molecule has 0 spiro atoms. The van der Waals surface area contributed by atoms with Gasteiger partial charge in [-0.25, -0.2) is 0 Å². The van der Waals surface area contributed by atoms with Crippen molar-refractivity contribution in [2.24, 2.45) is 5.73 Å². The molecule has 0 aromatic rings. The molecule has 0 aromatic carbocycles. The summed E-state index contributed by atoms with van der Waals surface area (Å²) in [6, 6.07) is 0.645. The quantitative estimate of drug-likeness (QED) is 0.545. The first-order valence-electron chi connectivity index (χ1n) is 4.56. The van der Waals surface area contributed by atoms with E-state index in [0.29, 0.717) is 6.04 Å². The molecule has 0 aliphatic carbocycles. The molecular weight excluding hydrogens is 138 g/mol. The van der Waals surface area contributed by atoms with E-state index in [1.165, 1.54) is 39.1 Å². The highest BCUT2D eigenvalue weighted by molar-refractivity contribution is 4.85. The molecule has 3 heterocycles. The average Bonchev–Trinajstić information content (AvgIpc) is 2.37. The Morgan fingerprint density at radius 2 is 2.09 bits per heavy atom. The van der Waals surface area contributed by atoms with Gasteiger partial charge >= 0.3 is 0 Å². The van der Waals surface area contributed by atoms with E-state index in [-0.39, 0.29) is 0 Å². The summed E-state index contributed by atoms with van der Waals surface area (Å²) in [7, 11) is 0. The largest absolute Gasteiger partial charge is 0.329 e.